The van der Waals surface area contributed by atoms with Crippen LogP contribution in [0.4, 0.5) is 21.7 Å². The average molecular weight is 495 g/mol. The Hall–Kier alpha value is -4.12. The molecule has 0 saturated heterocycles. The number of carbonyl (C=O) groups is 3. The van der Waals surface area contributed by atoms with Crippen LogP contribution in [0.1, 0.15) is 45.7 Å². The highest BCUT2D eigenvalue weighted by atomic mass is 35.5. The van der Waals surface area contributed by atoms with Crippen molar-refractivity contribution in [1.82, 2.24) is 19.9 Å². The number of aromatic nitrogens is 3. The smallest absolute Gasteiger partial charge is 0.277 e. The average Bonchev–Trinajstić information content (AvgIpc) is 3.57. The van der Waals surface area contributed by atoms with Gasteiger partial charge in [-0.05, 0) is 37.1 Å². The number of amides is 2. The maximum Gasteiger partial charge on any atom is 0.277 e. The third-order valence-corrected chi connectivity index (χ3v) is 6.63. The highest BCUT2D eigenvalue weighted by Crippen LogP contribution is 2.43. The molecule has 2 amide bonds. The Labute approximate surface area is 201 Å². The van der Waals surface area contributed by atoms with E-state index in [4.69, 9.17) is 11.6 Å². The summed E-state index contributed by atoms with van der Waals surface area (Å²) in [6.07, 6.45) is 2.61. The van der Waals surface area contributed by atoms with E-state index in [0.717, 1.165) is 29.5 Å². The summed E-state index contributed by atoms with van der Waals surface area (Å²) in [5, 5.41) is 8.18. The predicted octanol–water partition coefficient (Wildman–Crippen LogP) is 2.55. The van der Waals surface area contributed by atoms with Gasteiger partial charge in [-0.1, -0.05) is 11.6 Å². The molecule has 35 heavy (non-hydrogen) atoms. The van der Waals surface area contributed by atoms with Gasteiger partial charge in [-0.25, -0.2) is 14.4 Å². The zero-order chi connectivity index (χ0) is 24.5. The topological polar surface area (TPSA) is 135 Å². The Morgan fingerprint density at radius 3 is 2.69 bits per heavy atom. The fraction of sp³-hybridized carbons (Fsp3) is 0.217. The molecule has 1 aromatic carbocycles. The third kappa shape index (κ3) is 3.30. The van der Waals surface area contributed by atoms with Crippen LogP contribution in [0.2, 0.25) is 5.02 Å². The molecular formula is C23H16ClFN6O4. The van der Waals surface area contributed by atoms with Crippen molar-refractivity contribution in [2.24, 2.45) is 5.92 Å². The Balaban J connectivity index is 1.43. The van der Waals surface area contributed by atoms with Crippen molar-refractivity contribution in [3.8, 4) is 0 Å². The lowest BCUT2D eigenvalue weighted by Gasteiger charge is -2.27. The summed E-state index contributed by atoms with van der Waals surface area (Å²) in [4.78, 5) is 59.3. The number of nitrogens with one attached hydrogen (secondary N) is 3. The number of rotatable bonds is 4. The first kappa shape index (κ1) is 21.4. The van der Waals surface area contributed by atoms with Crippen LogP contribution in [0.5, 0.6) is 0 Å². The molecule has 10 nitrogen and oxygen atoms in total. The molecule has 1 atom stereocenters. The number of carbonyl (C=O) groups excluding carboxylic acids is 3. The van der Waals surface area contributed by atoms with Gasteiger partial charge in [-0.15, -0.1) is 0 Å². The standard InChI is InChI=1S/C23H16ClFN6O4/c24-14-6-15(28-17-7-18(27-9-26-17)29-20(33)10-1-2-10)22(35)31-19(14)21(34)30-23(31)8-16(32)12-4-3-11(25)5-13(12)23/h3-7,9-10H,1-2,8H2,(H,30,34)(H2,26,27,28,29,33). The van der Waals surface area contributed by atoms with Crippen LogP contribution >= 0.6 is 11.6 Å². The van der Waals surface area contributed by atoms with E-state index < -0.39 is 22.9 Å². The SMILES string of the molecule is O=C1CC2(NC(=O)c3c(Cl)cc(Nc4cc(NC(=O)C5CC5)ncn4)c(=O)n32)c2cc(F)ccc21. The zero-order valence-corrected chi connectivity index (χ0v) is 18.6. The van der Waals surface area contributed by atoms with Gasteiger partial charge in [-0.3, -0.25) is 23.7 Å². The number of anilines is 3. The first-order valence-corrected chi connectivity index (χ1v) is 11.2. The van der Waals surface area contributed by atoms with Crippen molar-refractivity contribution in [2.45, 2.75) is 24.9 Å². The van der Waals surface area contributed by atoms with Crippen LogP contribution in [0.25, 0.3) is 0 Å². The highest BCUT2D eigenvalue weighted by Gasteiger charge is 2.53. The molecule has 6 rings (SSSR count). The Bertz CT molecular complexity index is 1530. The number of fused-ring (bicyclic) bond motifs is 4. The van der Waals surface area contributed by atoms with Gasteiger partial charge in [0.2, 0.25) is 5.91 Å². The van der Waals surface area contributed by atoms with Gasteiger partial charge in [0.1, 0.15) is 35.2 Å². The number of ketones is 1. The van der Waals surface area contributed by atoms with E-state index in [-0.39, 0.29) is 63.2 Å². The number of Topliss-reactive ketones (excluding diaryl/α,β-unsaturated/α-hetero) is 1. The minimum atomic E-state index is -1.60. The van der Waals surface area contributed by atoms with Crippen LogP contribution < -0.4 is 21.5 Å². The van der Waals surface area contributed by atoms with Gasteiger partial charge in [0.05, 0.1) is 11.4 Å². The molecule has 3 N–H and O–H groups in total. The maximum atomic E-state index is 14.1. The number of nitrogens with zero attached hydrogens (tertiary/aromatic N) is 3. The van der Waals surface area contributed by atoms with Crippen molar-refractivity contribution < 1.29 is 18.8 Å². The lowest BCUT2D eigenvalue weighted by molar-refractivity contribution is -0.117. The van der Waals surface area contributed by atoms with E-state index in [1.807, 2.05) is 0 Å². The monoisotopic (exact) mass is 494 g/mol. The molecule has 3 heterocycles. The van der Waals surface area contributed by atoms with E-state index in [1.54, 1.807) is 0 Å². The second-order valence-corrected chi connectivity index (χ2v) is 9.08. The quantitative estimate of drug-likeness (QED) is 0.507. The van der Waals surface area contributed by atoms with Crippen molar-refractivity contribution in [3.05, 3.63) is 74.7 Å². The number of hydrogen-bond acceptors (Lipinski definition) is 7. The molecule has 3 aromatic rings. The summed E-state index contributed by atoms with van der Waals surface area (Å²) >= 11 is 6.40. The fourth-order valence-corrected chi connectivity index (χ4v) is 4.87. The lowest BCUT2D eigenvalue weighted by atomic mass is 10.0. The highest BCUT2D eigenvalue weighted by molar-refractivity contribution is 6.34. The van der Waals surface area contributed by atoms with Crippen molar-refractivity contribution in [3.63, 3.8) is 0 Å². The minimum absolute atomic E-state index is 0.0235. The summed E-state index contributed by atoms with van der Waals surface area (Å²) in [5.41, 5.74) is -2.05. The van der Waals surface area contributed by atoms with Crippen molar-refractivity contribution in [1.29, 1.82) is 0 Å². The first-order valence-electron chi connectivity index (χ1n) is 10.8. The van der Waals surface area contributed by atoms with Gasteiger partial charge in [0, 0.05) is 23.1 Å². The molecule has 0 bridgehead atoms. The Kier molecular flexibility index (Phi) is 4.55. The number of benzene rings is 1. The molecule has 3 aliphatic rings. The molecule has 2 aromatic heterocycles. The van der Waals surface area contributed by atoms with Gasteiger partial charge in [-0.2, -0.15) is 0 Å². The summed E-state index contributed by atoms with van der Waals surface area (Å²) < 4.78 is 15.2. The number of hydrogen-bond donors (Lipinski definition) is 3. The van der Waals surface area contributed by atoms with Gasteiger partial charge in [0.25, 0.3) is 11.5 Å². The van der Waals surface area contributed by atoms with Crippen LogP contribution in [0.3, 0.4) is 0 Å². The molecular weight excluding hydrogens is 479 g/mol. The Morgan fingerprint density at radius 2 is 1.91 bits per heavy atom. The van der Waals surface area contributed by atoms with Crippen LogP contribution in [0, 0.1) is 11.7 Å². The molecule has 1 spiro atoms. The summed E-state index contributed by atoms with van der Waals surface area (Å²) in [6.45, 7) is 0. The molecule has 1 unspecified atom stereocenters. The molecule has 176 valence electrons. The normalized spacial score (nSPS) is 19.9. The third-order valence-electron chi connectivity index (χ3n) is 6.34. The largest absolute Gasteiger partial charge is 0.336 e. The number of pyridine rings is 1. The summed E-state index contributed by atoms with van der Waals surface area (Å²) in [7, 11) is 0. The van der Waals surface area contributed by atoms with Crippen molar-refractivity contribution in [2.75, 3.05) is 10.6 Å². The van der Waals surface area contributed by atoms with E-state index in [1.165, 1.54) is 24.5 Å². The van der Waals surface area contributed by atoms with E-state index in [2.05, 4.69) is 25.9 Å². The minimum Gasteiger partial charge on any atom is -0.336 e. The van der Waals surface area contributed by atoms with E-state index >= 15 is 0 Å². The lowest BCUT2D eigenvalue weighted by Crippen LogP contribution is -2.47. The van der Waals surface area contributed by atoms with Gasteiger partial charge in [0.15, 0.2) is 11.4 Å². The van der Waals surface area contributed by atoms with Crippen molar-refractivity contribution >= 4 is 46.5 Å². The summed E-state index contributed by atoms with van der Waals surface area (Å²) in [6, 6.07) is 6.35. The van der Waals surface area contributed by atoms with Gasteiger partial charge < -0.3 is 16.0 Å². The second kappa shape index (κ2) is 7.44. The van der Waals surface area contributed by atoms with Gasteiger partial charge >= 0.3 is 0 Å². The zero-order valence-electron chi connectivity index (χ0n) is 17.9. The predicted molar refractivity (Wildman–Crippen MR) is 122 cm³/mol. The second-order valence-electron chi connectivity index (χ2n) is 8.68. The molecule has 0 radical (unpaired) electrons. The number of halogens is 2. The molecule has 2 aliphatic carbocycles. The maximum absolute atomic E-state index is 14.1. The van der Waals surface area contributed by atoms with E-state index in [0.29, 0.717) is 0 Å². The molecule has 1 saturated carbocycles. The van der Waals surface area contributed by atoms with E-state index in [9.17, 15) is 23.6 Å². The first-order chi connectivity index (χ1) is 16.8. The molecule has 1 aliphatic heterocycles. The fourth-order valence-electron chi connectivity index (χ4n) is 4.59. The van der Waals surface area contributed by atoms with Crippen LogP contribution in [-0.4, -0.2) is 32.1 Å². The molecule has 1 fully saturated rings. The summed E-state index contributed by atoms with van der Waals surface area (Å²) in [5.74, 6) is -1.33. The van der Waals surface area contributed by atoms with Crippen LogP contribution in [0.15, 0.2) is 41.5 Å². The molecule has 12 heteroatoms. The Morgan fingerprint density at radius 1 is 1.14 bits per heavy atom. The van der Waals surface area contributed by atoms with Crippen LogP contribution in [-0.2, 0) is 10.5 Å².